The van der Waals surface area contributed by atoms with E-state index in [1.807, 2.05) is 0 Å². The standard InChI is InChI=1S/C9H8N4O2/c14-8-4-10-3-7-6(8)5-13(11-7)9-1-2-15-12-9/h1-2,5,10H,3-4H2. The van der Waals surface area contributed by atoms with Crippen LogP contribution in [0.3, 0.4) is 0 Å². The molecule has 0 spiro atoms. The van der Waals surface area contributed by atoms with Crippen LogP contribution in [0.2, 0.25) is 0 Å². The van der Waals surface area contributed by atoms with Gasteiger partial charge in [-0.25, -0.2) is 4.68 Å². The lowest BCUT2D eigenvalue weighted by Gasteiger charge is -2.08. The topological polar surface area (TPSA) is 73.0 Å². The number of rotatable bonds is 1. The second-order valence-corrected chi connectivity index (χ2v) is 3.32. The van der Waals surface area contributed by atoms with Gasteiger partial charge in [0.1, 0.15) is 6.26 Å². The Bertz CT molecular complexity index is 500. The first-order valence-electron chi connectivity index (χ1n) is 4.58. The van der Waals surface area contributed by atoms with Crippen molar-refractivity contribution >= 4 is 5.78 Å². The summed E-state index contributed by atoms with van der Waals surface area (Å²) in [6, 6.07) is 1.69. The first-order valence-corrected chi connectivity index (χ1v) is 4.58. The van der Waals surface area contributed by atoms with Gasteiger partial charge < -0.3 is 9.84 Å². The Hall–Kier alpha value is -1.95. The third-order valence-corrected chi connectivity index (χ3v) is 2.33. The number of aromatic nitrogens is 3. The molecular formula is C9H8N4O2. The molecule has 6 nitrogen and oxygen atoms in total. The first-order chi connectivity index (χ1) is 7.34. The number of hydrogen-bond acceptors (Lipinski definition) is 5. The predicted molar refractivity (Wildman–Crippen MR) is 49.7 cm³/mol. The van der Waals surface area contributed by atoms with Gasteiger partial charge >= 0.3 is 0 Å². The number of carbonyl (C=O) groups is 1. The van der Waals surface area contributed by atoms with Crippen LogP contribution in [0.1, 0.15) is 16.1 Å². The van der Waals surface area contributed by atoms with Gasteiger partial charge in [-0.3, -0.25) is 4.79 Å². The zero-order valence-corrected chi connectivity index (χ0v) is 7.80. The van der Waals surface area contributed by atoms with Gasteiger partial charge in [0.2, 0.25) is 0 Å². The van der Waals surface area contributed by atoms with Crippen LogP contribution >= 0.6 is 0 Å². The molecule has 1 aliphatic rings. The number of Topliss-reactive ketones (excluding diaryl/α,β-unsaturated/α-hetero) is 1. The van der Waals surface area contributed by atoms with Crippen molar-refractivity contribution in [1.82, 2.24) is 20.3 Å². The fraction of sp³-hybridized carbons (Fsp3) is 0.222. The van der Waals surface area contributed by atoms with E-state index in [2.05, 4.69) is 15.6 Å². The summed E-state index contributed by atoms with van der Waals surface area (Å²) >= 11 is 0. The van der Waals surface area contributed by atoms with Crippen molar-refractivity contribution in [1.29, 1.82) is 0 Å². The van der Waals surface area contributed by atoms with E-state index in [4.69, 9.17) is 4.52 Å². The minimum absolute atomic E-state index is 0.0611. The molecule has 0 radical (unpaired) electrons. The van der Waals surface area contributed by atoms with E-state index in [0.29, 0.717) is 24.5 Å². The van der Waals surface area contributed by atoms with Crippen LogP contribution in [0.15, 0.2) is 23.0 Å². The van der Waals surface area contributed by atoms with Gasteiger partial charge in [0.25, 0.3) is 0 Å². The molecule has 0 aromatic carbocycles. The Morgan fingerprint density at radius 1 is 1.47 bits per heavy atom. The van der Waals surface area contributed by atoms with Crippen molar-refractivity contribution < 1.29 is 9.32 Å². The fourth-order valence-corrected chi connectivity index (χ4v) is 1.60. The van der Waals surface area contributed by atoms with Crippen LogP contribution in [-0.2, 0) is 6.54 Å². The van der Waals surface area contributed by atoms with Gasteiger partial charge in [0.15, 0.2) is 11.6 Å². The molecule has 6 heteroatoms. The molecule has 0 fully saturated rings. The van der Waals surface area contributed by atoms with Crippen molar-refractivity contribution in [3.05, 3.63) is 29.8 Å². The molecule has 3 heterocycles. The maximum Gasteiger partial charge on any atom is 0.196 e. The van der Waals surface area contributed by atoms with Crippen LogP contribution < -0.4 is 5.32 Å². The molecule has 0 bridgehead atoms. The molecule has 0 saturated carbocycles. The van der Waals surface area contributed by atoms with Crippen LogP contribution in [0, 0.1) is 0 Å². The minimum Gasteiger partial charge on any atom is -0.363 e. The molecule has 1 N–H and O–H groups in total. The molecule has 0 atom stereocenters. The van der Waals surface area contributed by atoms with E-state index in [0.717, 1.165) is 5.69 Å². The van der Waals surface area contributed by atoms with E-state index >= 15 is 0 Å². The number of nitrogens with one attached hydrogen (secondary N) is 1. The molecule has 3 rings (SSSR count). The Labute approximate surface area is 84.9 Å². The fourth-order valence-electron chi connectivity index (χ4n) is 1.60. The van der Waals surface area contributed by atoms with Crippen LogP contribution in [0.4, 0.5) is 0 Å². The second kappa shape index (κ2) is 3.03. The van der Waals surface area contributed by atoms with Crippen molar-refractivity contribution in [2.24, 2.45) is 0 Å². The molecule has 0 aliphatic carbocycles. The number of nitrogens with zero attached hydrogens (tertiary/aromatic N) is 3. The Balaban J connectivity index is 2.09. The summed E-state index contributed by atoms with van der Waals surface area (Å²) in [4.78, 5) is 11.5. The Morgan fingerprint density at radius 3 is 3.13 bits per heavy atom. The summed E-state index contributed by atoms with van der Waals surface area (Å²) < 4.78 is 6.27. The molecule has 1 aliphatic heterocycles. The predicted octanol–water partition coefficient (Wildman–Crippen LogP) is 0.146. The minimum atomic E-state index is 0.0611. The number of carbonyl (C=O) groups excluding carboxylic acids is 1. The Morgan fingerprint density at radius 2 is 2.40 bits per heavy atom. The van der Waals surface area contributed by atoms with Crippen molar-refractivity contribution in [3.63, 3.8) is 0 Å². The highest BCUT2D eigenvalue weighted by Crippen LogP contribution is 2.14. The van der Waals surface area contributed by atoms with Gasteiger partial charge in [-0.05, 0) is 0 Å². The number of fused-ring (bicyclic) bond motifs is 1. The average Bonchev–Trinajstić information content (AvgIpc) is 2.86. The number of hydrogen-bond donors (Lipinski definition) is 1. The summed E-state index contributed by atoms with van der Waals surface area (Å²) in [5.74, 6) is 0.642. The summed E-state index contributed by atoms with van der Waals surface area (Å²) in [5, 5.41) is 11.0. The molecule has 15 heavy (non-hydrogen) atoms. The van der Waals surface area contributed by atoms with Gasteiger partial charge in [0.05, 0.1) is 17.8 Å². The van der Waals surface area contributed by atoms with E-state index < -0.39 is 0 Å². The van der Waals surface area contributed by atoms with Crippen LogP contribution in [-0.4, -0.2) is 27.3 Å². The highest BCUT2D eigenvalue weighted by Gasteiger charge is 2.21. The van der Waals surface area contributed by atoms with Gasteiger partial charge in [-0.2, -0.15) is 5.10 Å². The molecule has 2 aromatic rings. The largest absolute Gasteiger partial charge is 0.363 e. The molecule has 2 aromatic heterocycles. The lowest BCUT2D eigenvalue weighted by molar-refractivity contribution is 0.0982. The lowest BCUT2D eigenvalue weighted by Crippen LogP contribution is -2.29. The van der Waals surface area contributed by atoms with E-state index in [1.54, 1.807) is 16.9 Å². The zero-order chi connectivity index (χ0) is 10.3. The van der Waals surface area contributed by atoms with E-state index in [1.165, 1.54) is 6.26 Å². The summed E-state index contributed by atoms with van der Waals surface area (Å²) in [5.41, 5.74) is 1.42. The van der Waals surface area contributed by atoms with Crippen LogP contribution in [0.25, 0.3) is 5.82 Å². The summed E-state index contributed by atoms with van der Waals surface area (Å²) in [6.07, 6.45) is 3.16. The monoisotopic (exact) mass is 204 g/mol. The SMILES string of the molecule is O=C1CNCc2nn(-c3ccon3)cc21. The lowest BCUT2D eigenvalue weighted by atomic mass is 10.1. The quantitative estimate of drug-likeness (QED) is 0.715. The van der Waals surface area contributed by atoms with Crippen molar-refractivity contribution in [2.75, 3.05) is 6.54 Å². The molecule has 0 amide bonds. The van der Waals surface area contributed by atoms with Crippen molar-refractivity contribution in [2.45, 2.75) is 6.54 Å². The smallest absolute Gasteiger partial charge is 0.196 e. The van der Waals surface area contributed by atoms with Crippen LogP contribution in [0.5, 0.6) is 0 Å². The van der Waals surface area contributed by atoms with Gasteiger partial charge in [-0.1, -0.05) is 5.16 Å². The third kappa shape index (κ3) is 1.26. The summed E-state index contributed by atoms with van der Waals surface area (Å²) in [7, 11) is 0. The summed E-state index contributed by atoms with van der Waals surface area (Å²) in [6.45, 7) is 0.990. The normalized spacial score (nSPS) is 15.3. The Kier molecular flexibility index (Phi) is 1.69. The maximum atomic E-state index is 11.5. The third-order valence-electron chi connectivity index (χ3n) is 2.33. The highest BCUT2D eigenvalue weighted by molar-refractivity contribution is 5.99. The highest BCUT2D eigenvalue weighted by atomic mass is 16.5. The molecule has 0 saturated heterocycles. The second-order valence-electron chi connectivity index (χ2n) is 3.32. The maximum absolute atomic E-state index is 11.5. The molecule has 76 valence electrons. The number of ketones is 1. The van der Waals surface area contributed by atoms with E-state index in [9.17, 15) is 4.79 Å². The van der Waals surface area contributed by atoms with E-state index in [-0.39, 0.29) is 5.78 Å². The average molecular weight is 204 g/mol. The molecule has 0 unspecified atom stereocenters. The first kappa shape index (κ1) is 8.37. The van der Waals surface area contributed by atoms with Crippen molar-refractivity contribution in [3.8, 4) is 5.82 Å². The van der Waals surface area contributed by atoms with Gasteiger partial charge in [0, 0.05) is 18.8 Å². The zero-order valence-electron chi connectivity index (χ0n) is 7.80. The van der Waals surface area contributed by atoms with Gasteiger partial charge in [-0.15, -0.1) is 0 Å². The molecular weight excluding hydrogens is 196 g/mol.